The summed E-state index contributed by atoms with van der Waals surface area (Å²) in [6, 6.07) is 0.327. The standard InChI is InChI=1S/C13H24N2OS/c1-13(14,9-7-8-9)12(16)15-10-5-3-4-6-11(10)17-2/h9-11H,3-8,14H2,1-2H3,(H,15,16). The van der Waals surface area contributed by atoms with Crippen LogP contribution in [0.15, 0.2) is 0 Å². The van der Waals surface area contributed by atoms with E-state index in [9.17, 15) is 4.79 Å². The average Bonchev–Trinajstić information content (AvgIpc) is 3.13. The van der Waals surface area contributed by atoms with Crippen molar-refractivity contribution in [1.82, 2.24) is 5.32 Å². The Morgan fingerprint density at radius 3 is 2.53 bits per heavy atom. The molecule has 1 amide bonds. The van der Waals surface area contributed by atoms with E-state index in [-0.39, 0.29) is 5.91 Å². The Labute approximate surface area is 108 Å². The predicted molar refractivity (Wildman–Crippen MR) is 73.0 cm³/mol. The Hall–Kier alpha value is -0.220. The number of nitrogens with one attached hydrogen (secondary N) is 1. The number of carbonyl (C=O) groups is 1. The van der Waals surface area contributed by atoms with Gasteiger partial charge in [-0.1, -0.05) is 12.8 Å². The molecule has 0 heterocycles. The lowest BCUT2D eigenvalue weighted by Crippen LogP contribution is -2.57. The van der Waals surface area contributed by atoms with E-state index >= 15 is 0 Å². The van der Waals surface area contributed by atoms with Gasteiger partial charge in [0.15, 0.2) is 0 Å². The van der Waals surface area contributed by atoms with Crippen LogP contribution in [-0.2, 0) is 4.79 Å². The van der Waals surface area contributed by atoms with Crippen LogP contribution >= 0.6 is 11.8 Å². The molecule has 3 atom stereocenters. The molecule has 0 aliphatic heterocycles. The highest BCUT2D eigenvalue weighted by Gasteiger charge is 2.45. The van der Waals surface area contributed by atoms with Gasteiger partial charge in [0.2, 0.25) is 5.91 Å². The molecule has 17 heavy (non-hydrogen) atoms. The monoisotopic (exact) mass is 256 g/mol. The zero-order valence-electron chi connectivity index (χ0n) is 10.9. The van der Waals surface area contributed by atoms with Crippen molar-refractivity contribution in [3.8, 4) is 0 Å². The van der Waals surface area contributed by atoms with Gasteiger partial charge in [0.1, 0.15) is 0 Å². The second kappa shape index (κ2) is 5.19. The van der Waals surface area contributed by atoms with E-state index in [1.54, 1.807) is 0 Å². The van der Waals surface area contributed by atoms with Gasteiger partial charge in [-0.15, -0.1) is 0 Å². The van der Waals surface area contributed by atoms with E-state index in [2.05, 4.69) is 11.6 Å². The van der Waals surface area contributed by atoms with Crippen LogP contribution in [0.5, 0.6) is 0 Å². The average molecular weight is 256 g/mol. The molecule has 2 rings (SSSR count). The minimum Gasteiger partial charge on any atom is -0.351 e. The maximum absolute atomic E-state index is 12.2. The van der Waals surface area contributed by atoms with Crippen molar-refractivity contribution in [1.29, 1.82) is 0 Å². The summed E-state index contributed by atoms with van der Waals surface area (Å²) in [5.74, 6) is 0.463. The number of carbonyl (C=O) groups excluding carboxylic acids is 1. The van der Waals surface area contributed by atoms with Crippen molar-refractivity contribution in [2.24, 2.45) is 11.7 Å². The van der Waals surface area contributed by atoms with Crippen LogP contribution in [0.25, 0.3) is 0 Å². The van der Waals surface area contributed by atoms with Crippen LogP contribution in [0.3, 0.4) is 0 Å². The van der Waals surface area contributed by atoms with Crippen molar-refractivity contribution in [3.63, 3.8) is 0 Å². The number of hydrogen-bond donors (Lipinski definition) is 2. The van der Waals surface area contributed by atoms with Crippen LogP contribution in [0, 0.1) is 5.92 Å². The van der Waals surface area contributed by atoms with Gasteiger partial charge in [0.05, 0.1) is 5.54 Å². The molecular weight excluding hydrogens is 232 g/mol. The molecule has 0 spiro atoms. The second-order valence-electron chi connectivity index (χ2n) is 5.70. The van der Waals surface area contributed by atoms with Gasteiger partial charge < -0.3 is 11.1 Å². The summed E-state index contributed by atoms with van der Waals surface area (Å²) in [5.41, 5.74) is 5.50. The van der Waals surface area contributed by atoms with E-state index < -0.39 is 5.54 Å². The number of thioether (sulfide) groups is 1. The van der Waals surface area contributed by atoms with Gasteiger partial charge >= 0.3 is 0 Å². The Morgan fingerprint density at radius 1 is 1.29 bits per heavy atom. The van der Waals surface area contributed by atoms with Gasteiger partial charge in [0, 0.05) is 11.3 Å². The van der Waals surface area contributed by atoms with Crippen molar-refractivity contribution < 1.29 is 4.79 Å². The van der Waals surface area contributed by atoms with E-state index in [1.807, 2.05) is 18.7 Å². The SMILES string of the molecule is CSC1CCCCC1NC(=O)C(C)(N)C1CC1. The molecule has 0 aromatic carbocycles. The Balaban J connectivity index is 1.92. The summed E-state index contributed by atoms with van der Waals surface area (Å²) in [4.78, 5) is 12.2. The van der Waals surface area contributed by atoms with Gasteiger partial charge in [-0.3, -0.25) is 4.79 Å². The Kier molecular flexibility index (Phi) is 4.03. The van der Waals surface area contributed by atoms with Crippen LogP contribution in [-0.4, -0.2) is 29.0 Å². The first-order valence-electron chi connectivity index (χ1n) is 6.68. The minimum absolute atomic E-state index is 0.0611. The number of nitrogens with two attached hydrogens (primary N) is 1. The zero-order chi connectivity index (χ0) is 12.5. The van der Waals surface area contributed by atoms with Gasteiger partial charge in [0.25, 0.3) is 0 Å². The summed E-state index contributed by atoms with van der Waals surface area (Å²) in [6.07, 6.45) is 9.20. The molecule has 2 aliphatic carbocycles. The van der Waals surface area contributed by atoms with E-state index in [4.69, 9.17) is 5.73 Å². The quantitative estimate of drug-likeness (QED) is 0.808. The Morgan fingerprint density at radius 2 is 1.94 bits per heavy atom. The lowest BCUT2D eigenvalue weighted by molar-refractivity contribution is -0.127. The zero-order valence-corrected chi connectivity index (χ0v) is 11.7. The van der Waals surface area contributed by atoms with Gasteiger partial charge in [-0.2, -0.15) is 11.8 Å². The smallest absolute Gasteiger partial charge is 0.240 e. The molecular formula is C13H24N2OS. The van der Waals surface area contributed by atoms with Crippen LogP contribution in [0.4, 0.5) is 0 Å². The molecule has 3 N–H and O–H groups in total. The highest BCUT2D eigenvalue weighted by molar-refractivity contribution is 7.99. The molecule has 4 heteroatoms. The van der Waals surface area contributed by atoms with E-state index in [0.717, 1.165) is 19.3 Å². The lowest BCUT2D eigenvalue weighted by atomic mass is 9.91. The molecule has 0 aromatic rings. The molecule has 3 unspecified atom stereocenters. The third kappa shape index (κ3) is 2.97. The molecule has 0 radical (unpaired) electrons. The van der Waals surface area contributed by atoms with E-state index in [1.165, 1.54) is 19.3 Å². The van der Waals surface area contributed by atoms with Crippen molar-refractivity contribution in [3.05, 3.63) is 0 Å². The highest BCUT2D eigenvalue weighted by atomic mass is 32.2. The topological polar surface area (TPSA) is 55.1 Å². The number of rotatable bonds is 4. The molecule has 2 aliphatic rings. The fraction of sp³-hybridized carbons (Fsp3) is 0.923. The maximum Gasteiger partial charge on any atom is 0.240 e. The summed E-state index contributed by atoms with van der Waals surface area (Å²) in [6.45, 7) is 1.89. The predicted octanol–water partition coefficient (Wildman–Crippen LogP) is 1.90. The van der Waals surface area contributed by atoms with Crippen molar-refractivity contribution >= 4 is 17.7 Å². The number of hydrogen-bond acceptors (Lipinski definition) is 3. The first kappa shape index (κ1) is 13.2. The second-order valence-corrected chi connectivity index (χ2v) is 6.77. The lowest BCUT2D eigenvalue weighted by Gasteiger charge is -2.34. The summed E-state index contributed by atoms with van der Waals surface area (Å²) in [7, 11) is 0. The molecule has 2 fully saturated rings. The maximum atomic E-state index is 12.2. The molecule has 0 bridgehead atoms. The molecule has 2 saturated carbocycles. The summed E-state index contributed by atoms with van der Waals surface area (Å²) >= 11 is 1.87. The van der Waals surface area contributed by atoms with Crippen LogP contribution in [0.1, 0.15) is 45.4 Å². The third-order valence-corrected chi connectivity index (χ3v) is 5.41. The third-order valence-electron chi connectivity index (χ3n) is 4.24. The van der Waals surface area contributed by atoms with Crippen molar-refractivity contribution in [2.75, 3.05) is 6.26 Å². The van der Waals surface area contributed by atoms with Crippen LogP contribution in [0.2, 0.25) is 0 Å². The number of amides is 1. The Bertz CT molecular complexity index is 289. The molecule has 0 saturated heterocycles. The molecule has 0 aromatic heterocycles. The largest absolute Gasteiger partial charge is 0.351 e. The normalized spacial score (nSPS) is 32.9. The molecule has 98 valence electrons. The molecule has 3 nitrogen and oxygen atoms in total. The summed E-state index contributed by atoms with van der Waals surface area (Å²) < 4.78 is 0. The minimum atomic E-state index is -0.652. The van der Waals surface area contributed by atoms with Gasteiger partial charge in [-0.05, 0) is 44.8 Å². The summed E-state index contributed by atoms with van der Waals surface area (Å²) in [5, 5.41) is 3.77. The first-order valence-corrected chi connectivity index (χ1v) is 7.97. The van der Waals surface area contributed by atoms with E-state index in [0.29, 0.717) is 17.2 Å². The van der Waals surface area contributed by atoms with Gasteiger partial charge in [-0.25, -0.2) is 0 Å². The van der Waals surface area contributed by atoms with Crippen LogP contribution < -0.4 is 11.1 Å². The first-order chi connectivity index (χ1) is 8.05. The highest BCUT2D eigenvalue weighted by Crippen LogP contribution is 2.38. The fourth-order valence-corrected chi connectivity index (χ4v) is 3.67. The van der Waals surface area contributed by atoms with Crippen molar-refractivity contribution in [2.45, 2.75) is 62.3 Å². The fourth-order valence-electron chi connectivity index (χ4n) is 2.74.